The van der Waals surface area contributed by atoms with Gasteiger partial charge in [0.2, 0.25) is 12.2 Å². The van der Waals surface area contributed by atoms with E-state index in [4.69, 9.17) is 14.2 Å². The number of likely N-dealkylation sites (N-methyl/N-ethyl adjacent to an activating group) is 1. The number of nitrogens with one attached hydrogen (secondary N) is 2. The maximum Gasteiger partial charge on any atom is 0.411 e. The molecule has 254 valence electrons. The van der Waals surface area contributed by atoms with Crippen molar-refractivity contribution in [2.24, 2.45) is 20.2 Å². The molecule has 4 rings (SSSR count). The molecular formula is C33H28N8O9. The standard InChI is InChI=1S/C33H28N8O9/c1-40(14-15-49-32(44)36-26-6-2-4-24(18-26)34-21-42)28-10-8-23(9-11-28)38-39-30-13-12-29(41(46)47)20-31(30)48-16-17-50-33(45)37-27-7-3-5-25(19-27)35-22-43/h2-13,18-20H,14-17H2,1H3,(H,36,44)(H,37,45)/b39-38+. The van der Waals surface area contributed by atoms with E-state index in [2.05, 4.69) is 30.8 Å². The Bertz CT molecular complexity index is 1960. The maximum atomic E-state index is 12.1. The number of nitrogens with zero attached hydrogens (tertiary/aromatic N) is 6. The van der Waals surface area contributed by atoms with Crippen molar-refractivity contribution in [2.45, 2.75) is 0 Å². The van der Waals surface area contributed by atoms with Gasteiger partial charge in [-0.3, -0.25) is 20.7 Å². The van der Waals surface area contributed by atoms with Gasteiger partial charge in [-0.15, -0.1) is 5.11 Å². The summed E-state index contributed by atoms with van der Waals surface area (Å²) in [6.45, 7) is 0.110. The van der Waals surface area contributed by atoms with Gasteiger partial charge in [0, 0.05) is 30.2 Å². The summed E-state index contributed by atoms with van der Waals surface area (Å²) in [4.78, 5) is 64.7. The number of benzene rings is 4. The molecule has 4 aromatic rings. The molecule has 0 aromatic heterocycles. The van der Waals surface area contributed by atoms with E-state index in [1.165, 1.54) is 42.5 Å². The molecule has 0 aliphatic heterocycles. The maximum absolute atomic E-state index is 12.1. The highest BCUT2D eigenvalue weighted by Crippen LogP contribution is 2.33. The minimum Gasteiger partial charge on any atom is -0.487 e. The van der Waals surface area contributed by atoms with Gasteiger partial charge in [-0.25, -0.2) is 19.2 Å². The summed E-state index contributed by atoms with van der Waals surface area (Å²) >= 11 is 0. The van der Waals surface area contributed by atoms with Crippen molar-refractivity contribution in [1.82, 2.24) is 0 Å². The van der Waals surface area contributed by atoms with E-state index in [0.717, 1.165) is 5.69 Å². The number of carbonyl (C=O) groups excluding carboxylic acids is 4. The Hall–Kier alpha value is -7.22. The van der Waals surface area contributed by atoms with Gasteiger partial charge in [0.05, 0.1) is 34.6 Å². The second kappa shape index (κ2) is 18.2. The van der Waals surface area contributed by atoms with Gasteiger partial charge in [-0.2, -0.15) is 15.1 Å². The first-order valence-electron chi connectivity index (χ1n) is 14.6. The number of anilines is 3. The van der Waals surface area contributed by atoms with Crippen LogP contribution >= 0.6 is 0 Å². The van der Waals surface area contributed by atoms with Crippen LogP contribution in [0.2, 0.25) is 0 Å². The number of azo groups is 1. The third-order valence-corrected chi connectivity index (χ3v) is 6.49. The molecule has 0 unspecified atom stereocenters. The van der Waals surface area contributed by atoms with Gasteiger partial charge < -0.3 is 19.1 Å². The molecule has 0 saturated carbocycles. The number of isocyanates is 2. The van der Waals surface area contributed by atoms with Gasteiger partial charge in [-0.05, 0) is 66.7 Å². The molecule has 0 heterocycles. The Labute approximate surface area is 284 Å². The summed E-state index contributed by atoms with van der Waals surface area (Å²) in [7, 11) is 1.81. The Morgan fingerprint density at radius 2 is 1.36 bits per heavy atom. The molecule has 2 amide bonds. The van der Waals surface area contributed by atoms with E-state index >= 15 is 0 Å². The minimum absolute atomic E-state index is 0.0500. The van der Waals surface area contributed by atoms with Crippen LogP contribution in [0.15, 0.2) is 111 Å². The number of non-ortho nitro benzene ring substituents is 1. The topological polar surface area (TPSA) is 216 Å². The lowest BCUT2D eigenvalue weighted by molar-refractivity contribution is -0.384. The summed E-state index contributed by atoms with van der Waals surface area (Å²) in [6.07, 6.45) is 1.39. The lowest BCUT2D eigenvalue weighted by atomic mass is 10.2. The Morgan fingerprint density at radius 3 is 1.94 bits per heavy atom. The average Bonchev–Trinajstić information content (AvgIpc) is 3.10. The van der Waals surface area contributed by atoms with Crippen LogP contribution < -0.4 is 20.3 Å². The first-order valence-corrected chi connectivity index (χ1v) is 14.6. The number of nitro benzene ring substituents is 1. The number of rotatable bonds is 15. The van der Waals surface area contributed by atoms with E-state index in [1.54, 1.807) is 60.7 Å². The number of amides is 2. The van der Waals surface area contributed by atoms with E-state index in [9.17, 15) is 29.3 Å². The van der Waals surface area contributed by atoms with Crippen molar-refractivity contribution < 1.29 is 38.3 Å². The van der Waals surface area contributed by atoms with E-state index in [1.807, 2.05) is 11.9 Å². The van der Waals surface area contributed by atoms with E-state index < -0.39 is 17.1 Å². The van der Waals surface area contributed by atoms with Crippen LogP contribution in [0.3, 0.4) is 0 Å². The van der Waals surface area contributed by atoms with Crippen LogP contribution in [0.25, 0.3) is 0 Å². The fourth-order valence-electron chi connectivity index (χ4n) is 4.11. The molecule has 17 heteroatoms. The smallest absolute Gasteiger partial charge is 0.411 e. The Morgan fingerprint density at radius 1 is 0.760 bits per heavy atom. The number of hydrogen-bond acceptors (Lipinski definition) is 14. The van der Waals surface area contributed by atoms with Crippen LogP contribution in [-0.2, 0) is 19.1 Å². The third-order valence-electron chi connectivity index (χ3n) is 6.49. The molecule has 0 bridgehead atoms. The normalized spacial score (nSPS) is 10.3. The van der Waals surface area contributed by atoms with Gasteiger partial charge in [0.15, 0.2) is 5.75 Å². The van der Waals surface area contributed by atoms with Crippen molar-refractivity contribution >= 4 is 69.8 Å². The fraction of sp³-hybridized carbons (Fsp3) is 0.152. The Balaban J connectivity index is 1.27. The number of carbonyl (C=O) groups is 2. The molecule has 0 radical (unpaired) electrons. The first-order chi connectivity index (χ1) is 24.2. The number of ether oxygens (including phenoxy) is 3. The first kappa shape index (κ1) is 35.6. The lowest BCUT2D eigenvalue weighted by Gasteiger charge is -2.19. The second-order valence-corrected chi connectivity index (χ2v) is 9.92. The highest BCUT2D eigenvalue weighted by atomic mass is 16.6. The number of hydrogen-bond donors (Lipinski definition) is 2. The van der Waals surface area contributed by atoms with Crippen LogP contribution in [-0.4, -0.2) is 62.7 Å². The quantitative estimate of drug-likeness (QED) is 0.0320. The summed E-state index contributed by atoms with van der Waals surface area (Å²) in [5.74, 6) is 0.0500. The molecule has 0 saturated heterocycles. The van der Waals surface area contributed by atoms with E-state index in [0.29, 0.717) is 35.0 Å². The number of aliphatic imine (C=N–C) groups is 2. The van der Waals surface area contributed by atoms with Gasteiger partial charge in [0.25, 0.3) is 5.69 Å². The zero-order valence-corrected chi connectivity index (χ0v) is 26.3. The van der Waals surface area contributed by atoms with Crippen molar-refractivity contribution in [2.75, 3.05) is 48.9 Å². The molecule has 0 spiro atoms. The molecule has 50 heavy (non-hydrogen) atoms. The van der Waals surface area contributed by atoms with Crippen LogP contribution in [0.5, 0.6) is 5.75 Å². The van der Waals surface area contributed by atoms with Gasteiger partial charge in [0.1, 0.15) is 25.5 Å². The fourth-order valence-corrected chi connectivity index (χ4v) is 4.11. The molecule has 0 aliphatic carbocycles. The second-order valence-electron chi connectivity index (χ2n) is 9.92. The SMILES string of the molecule is CN(CCOC(=O)Nc1cccc(N=C=O)c1)c1ccc(/N=N/c2ccc([N+](=O)[O-])cc2OCCOC(=O)Nc2cccc(N=C=O)c2)cc1. The average molecular weight is 681 g/mol. The predicted octanol–water partition coefficient (Wildman–Crippen LogP) is 7.26. The summed E-state index contributed by atoms with van der Waals surface area (Å²) < 4.78 is 16.0. The molecule has 0 aliphatic rings. The molecule has 0 atom stereocenters. The van der Waals surface area contributed by atoms with Crippen molar-refractivity contribution in [3.05, 3.63) is 101 Å². The van der Waals surface area contributed by atoms with Crippen molar-refractivity contribution in [3.8, 4) is 5.75 Å². The van der Waals surface area contributed by atoms with E-state index in [-0.39, 0.29) is 36.9 Å². The highest BCUT2D eigenvalue weighted by Gasteiger charge is 2.13. The summed E-state index contributed by atoms with van der Waals surface area (Å²) in [5, 5.41) is 24.8. The van der Waals surface area contributed by atoms with Gasteiger partial charge in [-0.1, -0.05) is 12.1 Å². The zero-order chi connectivity index (χ0) is 35.7. The van der Waals surface area contributed by atoms with Crippen LogP contribution in [0.4, 0.5) is 55.1 Å². The molecule has 2 N–H and O–H groups in total. The molecule has 0 fully saturated rings. The molecule has 17 nitrogen and oxygen atoms in total. The monoisotopic (exact) mass is 680 g/mol. The number of nitro groups is 1. The minimum atomic E-state index is -0.794. The largest absolute Gasteiger partial charge is 0.487 e. The predicted molar refractivity (Wildman–Crippen MR) is 181 cm³/mol. The van der Waals surface area contributed by atoms with Gasteiger partial charge >= 0.3 is 12.2 Å². The molecule has 4 aromatic carbocycles. The van der Waals surface area contributed by atoms with Crippen molar-refractivity contribution in [1.29, 1.82) is 0 Å². The molecular weight excluding hydrogens is 652 g/mol. The Kier molecular flexibility index (Phi) is 13.0. The van der Waals surface area contributed by atoms with Crippen LogP contribution in [0, 0.1) is 10.1 Å². The lowest BCUT2D eigenvalue weighted by Crippen LogP contribution is -2.25. The van der Waals surface area contributed by atoms with Crippen LogP contribution in [0.1, 0.15) is 0 Å². The zero-order valence-electron chi connectivity index (χ0n) is 26.3. The highest BCUT2D eigenvalue weighted by molar-refractivity contribution is 5.86. The summed E-state index contributed by atoms with van der Waals surface area (Å²) in [5.41, 5.74) is 2.66. The van der Waals surface area contributed by atoms with Crippen molar-refractivity contribution in [3.63, 3.8) is 0 Å². The third kappa shape index (κ3) is 11.2. The summed E-state index contributed by atoms with van der Waals surface area (Å²) in [6, 6.07) is 23.3.